The molecule has 0 spiro atoms. The van der Waals surface area contributed by atoms with Gasteiger partial charge in [0, 0.05) is 18.5 Å². The van der Waals surface area contributed by atoms with Crippen molar-refractivity contribution in [3.8, 4) is 0 Å². The smallest absolute Gasteiger partial charge is 0.309 e. The number of carbonyl (C=O) groups excluding carboxylic acids is 4. The molecular weight excluding hydrogens is 520 g/mol. The second-order valence-corrected chi connectivity index (χ2v) is 10.5. The van der Waals surface area contributed by atoms with Crippen LogP contribution >= 0.6 is 0 Å². The van der Waals surface area contributed by atoms with Gasteiger partial charge in [-0.1, -0.05) is 43.7 Å². The van der Waals surface area contributed by atoms with Gasteiger partial charge in [0.25, 0.3) is 0 Å². The molecule has 1 aliphatic heterocycles. The highest BCUT2D eigenvalue weighted by molar-refractivity contribution is 6.05. The molecule has 0 radical (unpaired) electrons. The molecule has 0 aliphatic carbocycles. The van der Waals surface area contributed by atoms with Crippen LogP contribution in [0.3, 0.4) is 0 Å². The molecule has 14 nitrogen and oxygen atoms in total. The zero-order valence-corrected chi connectivity index (χ0v) is 23.1. The molecule has 40 heavy (non-hydrogen) atoms. The van der Waals surface area contributed by atoms with Crippen LogP contribution in [-0.4, -0.2) is 74.0 Å². The summed E-state index contributed by atoms with van der Waals surface area (Å²) in [7, 11) is 0. The van der Waals surface area contributed by atoms with Gasteiger partial charge in [0.05, 0.1) is 18.5 Å². The average Bonchev–Trinajstić information content (AvgIpc) is 3.59. The fourth-order valence-electron chi connectivity index (χ4n) is 4.28. The lowest BCUT2D eigenvalue weighted by Crippen LogP contribution is -2.54. The van der Waals surface area contributed by atoms with Gasteiger partial charge in [-0.15, -0.1) is 10.2 Å². The number of carbonyl (C=O) groups is 5. The number of para-hydroxylation sites is 1. The van der Waals surface area contributed by atoms with Crippen LogP contribution in [0.2, 0.25) is 0 Å². The van der Waals surface area contributed by atoms with E-state index in [2.05, 4.69) is 36.6 Å². The van der Waals surface area contributed by atoms with E-state index in [9.17, 15) is 29.1 Å². The summed E-state index contributed by atoms with van der Waals surface area (Å²) >= 11 is 0. The van der Waals surface area contributed by atoms with Gasteiger partial charge in [0.1, 0.15) is 12.1 Å². The molecule has 0 bridgehead atoms. The van der Waals surface area contributed by atoms with Gasteiger partial charge in [-0.05, 0) is 37.8 Å². The number of nitrogens with zero attached hydrogens (tertiary/aromatic N) is 4. The number of aliphatic carboxylic acids is 1. The number of carboxylic acid groups (broad SMARTS) is 1. The van der Waals surface area contributed by atoms with E-state index in [-0.39, 0.29) is 25.3 Å². The maximum atomic E-state index is 13.4. The summed E-state index contributed by atoms with van der Waals surface area (Å²) in [5.41, 5.74) is 0.309. The third kappa shape index (κ3) is 7.39. The van der Waals surface area contributed by atoms with Crippen LogP contribution in [0.5, 0.6) is 0 Å². The number of tetrazole rings is 1. The summed E-state index contributed by atoms with van der Waals surface area (Å²) < 4.78 is 0. The van der Waals surface area contributed by atoms with E-state index in [1.807, 2.05) is 19.1 Å². The van der Waals surface area contributed by atoms with Crippen molar-refractivity contribution < 1.29 is 29.1 Å². The topological polar surface area (TPSA) is 199 Å². The number of nitrogens with one attached hydrogen (secondary N) is 4. The SMILES string of the molecule is CCC(C)C(NC(=O)CCC(C)(C)C(=O)O)C(=O)NCC(=O)N1c2ccccc2C[C@H]1C(=O)NCc1nn[nH]n1. The van der Waals surface area contributed by atoms with Gasteiger partial charge >= 0.3 is 5.97 Å². The third-order valence-electron chi connectivity index (χ3n) is 7.14. The van der Waals surface area contributed by atoms with Gasteiger partial charge in [-0.3, -0.25) is 28.9 Å². The summed E-state index contributed by atoms with van der Waals surface area (Å²) in [6.45, 7) is 6.37. The standard InChI is InChI=1S/C26H36N8O6/c1-5-15(2)22(29-20(35)10-11-26(3,4)25(39)40)24(38)28-14-21(36)34-17-9-7-6-8-16(17)12-18(34)23(37)27-13-19-30-32-33-31-19/h6-9,15,18,22H,5,10-14H2,1-4H3,(H,27,37)(H,28,38)(H,29,35)(H,39,40)(H,30,31,32,33)/t15?,18-,22?/m0/s1. The molecule has 1 aliphatic rings. The number of anilines is 1. The predicted octanol–water partition coefficient (Wildman–Crippen LogP) is 0.312. The summed E-state index contributed by atoms with van der Waals surface area (Å²) in [6.07, 6.45) is 0.914. The molecule has 2 unspecified atom stereocenters. The summed E-state index contributed by atoms with van der Waals surface area (Å²) in [5, 5.41) is 30.7. The maximum absolute atomic E-state index is 13.4. The Morgan fingerprint density at radius 1 is 1.18 bits per heavy atom. The number of rotatable bonds is 13. The average molecular weight is 557 g/mol. The minimum absolute atomic E-state index is 0.0286. The molecule has 216 valence electrons. The molecule has 1 aromatic carbocycles. The first kappa shape index (κ1) is 30.2. The largest absolute Gasteiger partial charge is 0.481 e. The Labute approximate surface area is 231 Å². The van der Waals surface area contributed by atoms with Crippen molar-refractivity contribution in [2.75, 3.05) is 11.4 Å². The van der Waals surface area contributed by atoms with Crippen molar-refractivity contribution in [2.45, 2.75) is 72.0 Å². The lowest BCUT2D eigenvalue weighted by Gasteiger charge is -2.27. The highest BCUT2D eigenvalue weighted by Crippen LogP contribution is 2.32. The molecule has 1 aromatic heterocycles. The van der Waals surface area contributed by atoms with Crippen molar-refractivity contribution in [3.63, 3.8) is 0 Å². The summed E-state index contributed by atoms with van der Waals surface area (Å²) in [4.78, 5) is 64.8. The van der Waals surface area contributed by atoms with E-state index in [0.717, 1.165) is 5.56 Å². The van der Waals surface area contributed by atoms with Gasteiger partial charge in [0.15, 0.2) is 5.82 Å². The van der Waals surface area contributed by atoms with E-state index in [1.165, 1.54) is 18.7 Å². The number of hydrogen-bond donors (Lipinski definition) is 5. The summed E-state index contributed by atoms with van der Waals surface area (Å²) in [5.74, 6) is -2.86. The first-order valence-corrected chi connectivity index (χ1v) is 13.1. The van der Waals surface area contributed by atoms with E-state index < -0.39 is 53.6 Å². The minimum Gasteiger partial charge on any atom is -0.481 e. The number of benzene rings is 1. The molecular formula is C26H36N8O6. The number of aromatic nitrogens is 4. The first-order chi connectivity index (χ1) is 18.9. The number of aromatic amines is 1. The number of hydrogen-bond acceptors (Lipinski definition) is 8. The Hall–Kier alpha value is -4.36. The lowest BCUT2D eigenvalue weighted by molar-refractivity contribution is -0.147. The Morgan fingerprint density at radius 2 is 1.90 bits per heavy atom. The first-order valence-electron chi connectivity index (χ1n) is 13.1. The highest BCUT2D eigenvalue weighted by Gasteiger charge is 2.38. The molecule has 14 heteroatoms. The molecule has 3 rings (SSSR count). The van der Waals surface area contributed by atoms with Crippen LogP contribution in [-0.2, 0) is 36.9 Å². The van der Waals surface area contributed by atoms with Crippen LogP contribution < -0.4 is 20.9 Å². The molecule has 2 aromatic rings. The van der Waals surface area contributed by atoms with Crippen LogP contribution in [0.25, 0.3) is 0 Å². The summed E-state index contributed by atoms with van der Waals surface area (Å²) in [6, 6.07) is 5.40. The second-order valence-electron chi connectivity index (χ2n) is 10.5. The molecule has 0 fully saturated rings. The zero-order valence-electron chi connectivity index (χ0n) is 23.1. The van der Waals surface area contributed by atoms with Crippen LogP contribution in [0.4, 0.5) is 5.69 Å². The Balaban J connectivity index is 1.65. The van der Waals surface area contributed by atoms with Crippen molar-refractivity contribution >= 4 is 35.3 Å². The predicted molar refractivity (Wildman–Crippen MR) is 142 cm³/mol. The molecule has 5 N–H and O–H groups in total. The third-order valence-corrected chi connectivity index (χ3v) is 7.14. The van der Waals surface area contributed by atoms with Gasteiger partial charge in [-0.25, -0.2) is 0 Å². The number of H-pyrrole nitrogens is 1. The lowest BCUT2D eigenvalue weighted by atomic mass is 9.88. The molecule has 2 heterocycles. The van der Waals surface area contributed by atoms with Crippen LogP contribution in [0.1, 0.15) is 58.3 Å². The van der Waals surface area contributed by atoms with Crippen molar-refractivity contribution in [3.05, 3.63) is 35.7 Å². The van der Waals surface area contributed by atoms with Gasteiger partial charge in [-0.2, -0.15) is 5.21 Å². The quantitative estimate of drug-likeness (QED) is 0.230. The maximum Gasteiger partial charge on any atom is 0.309 e. The number of amides is 4. The number of fused-ring (bicyclic) bond motifs is 1. The number of carboxylic acids is 1. The van der Waals surface area contributed by atoms with E-state index in [1.54, 1.807) is 19.1 Å². The Kier molecular flexibility index (Phi) is 9.91. The van der Waals surface area contributed by atoms with Gasteiger partial charge in [0.2, 0.25) is 23.6 Å². The van der Waals surface area contributed by atoms with Crippen molar-refractivity contribution in [1.29, 1.82) is 0 Å². The highest BCUT2D eigenvalue weighted by atomic mass is 16.4. The normalized spacial score (nSPS) is 16.0. The fraction of sp³-hybridized carbons (Fsp3) is 0.538. The zero-order chi connectivity index (χ0) is 29.4. The van der Waals surface area contributed by atoms with E-state index in [0.29, 0.717) is 24.4 Å². The van der Waals surface area contributed by atoms with Crippen molar-refractivity contribution in [1.82, 2.24) is 36.6 Å². The van der Waals surface area contributed by atoms with E-state index >= 15 is 0 Å². The molecule has 0 saturated carbocycles. The van der Waals surface area contributed by atoms with Crippen LogP contribution in [0.15, 0.2) is 24.3 Å². The monoisotopic (exact) mass is 556 g/mol. The van der Waals surface area contributed by atoms with E-state index in [4.69, 9.17) is 0 Å². The van der Waals surface area contributed by atoms with Crippen molar-refractivity contribution in [2.24, 2.45) is 11.3 Å². The molecule has 0 saturated heterocycles. The van der Waals surface area contributed by atoms with Gasteiger partial charge < -0.3 is 21.1 Å². The second kappa shape index (κ2) is 13.1. The van der Waals surface area contributed by atoms with Crippen LogP contribution in [0, 0.1) is 11.3 Å². The Bertz CT molecular complexity index is 1230. The fourth-order valence-corrected chi connectivity index (χ4v) is 4.28. The molecule has 4 amide bonds. The Morgan fingerprint density at radius 3 is 2.55 bits per heavy atom. The minimum atomic E-state index is -1.09. The molecule has 3 atom stereocenters.